The Morgan fingerprint density at radius 3 is 2.27 bits per heavy atom. The fraction of sp³-hybridized carbons (Fsp3) is 0.391. The fourth-order valence-corrected chi connectivity index (χ4v) is 3.83. The summed E-state index contributed by atoms with van der Waals surface area (Å²) in [6, 6.07) is 10.9. The topological polar surface area (TPSA) is 9.23 Å². The largest absolute Gasteiger partial charge is 0.462 e. The first-order valence-electron chi connectivity index (χ1n) is 9.50. The van der Waals surface area contributed by atoms with Crippen LogP contribution in [0.3, 0.4) is 0 Å². The standard InChI is InChI=1S/C23H26F2O/c1-3-15-26-21-14-13-20(22(24)23(21)25)19-11-9-18(10-12-19)17-7-5-16(4-2)6-8-17/h3,9-17H,4-8H2,1-2H3/b15-3+. The highest BCUT2D eigenvalue weighted by atomic mass is 19.2. The van der Waals surface area contributed by atoms with E-state index in [-0.39, 0.29) is 11.3 Å². The quantitative estimate of drug-likeness (QED) is 0.514. The van der Waals surface area contributed by atoms with Gasteiger partial charge in [-0.3, -0.25) is 0 Å². The Morgan fingerprint density at radius 1 is 0.962 bits per heavy atom. The van der Waals surface area contributed by atoms with Gasteiger partial charge in [-0.25, -0.2) is 4.39 Å². The molecule has 1 nitrogen and oxygen atoms in total. The maximum Gasteiger partial charge on any atom is 0.201 e. The molecule has 1 saturated carbocycles. The molecular weight excluding hydrogens is 330 g/mol. The Labute approximate surface area is 154 Å². The van der Waals surface area contributed by atoms with Crippen LogP contribution >= 0.6 is 0 Å². The van der Waals surface area contributed by atoms with Gasteiger partial charge in [-0.15, -0.1) is 0 Å². The van der Waals surface area contributed by atoms with Gasteiger partial charge >= 0.3 is 0 Å². The number of ether oxygens (including phenoxy) is 1. The van der Waals surface area contributed by atoms with Crippen molar-refractivity contribution >= 4 is 0 Å². The molecule has 1 aliphatic carbocycles. The van der Waals surface area contributed by atoms with Crippen LogP contribution in [-0.4, -0.2) is 0 Å². The number of benzene rings is 2. The molecule has 0 spiro atoms. The summed E-state index contributed by atoms with van der Waals surface area (Å²) in [5.74, 6) is -0.477. The van der Waals surface area contributed by atoms with Gasteiger partial charge in [0.05, 0.1) is 6.26 Å². The highest BCUT2D eigenvalue weighted by Gasteiger charge is 2.21. The van der Waals surface area contributed by atoms with E-state index >= 15 is 0 Å². The molecule has 0 aromatic heterocycles. The average molecular weight is 356 g/mol. The summed E-state index contributed by atoms with van der Waals surface area (Å²) in [6.07, 6.45) is 9.24. The van der Waals surface area contributed by atoms with Crippen LogP contribution in [0.2, 0.25) is 0 Å². The Hall–Kier alpha value is -2.16. The first kappa shape index (κ1) is 18.6. The summed E-state index contributed by atoms with van der Waals surface area (Å²) in [6.45, 7) is 4.02. The molecule has 1 fully saturated rings. The van der Waals surface area contributed by atoms with E-state index in [2.05, 4.69) is 19.1 Å². The highest BCUT2D eigenvalue weighted by Crippen LogP contribution is 2.38. The SMILES string of the molecule is C/C=C/Oc1ccc(-c2ccc(C3CCC(CC)CC3)cc2)c(F)c1F. The van der Waals surface area contributed by atoms with Gasteiger partial charge in [-0.05, 0) is 67.7 Å². The zero-order valence-corrected chi connectivity index (χ0v) is 15.5. The molecule has 0 unspecified atom stereocenters. The van der Waals surface area contributed by atoms with Crippen molar-refractivity contribution in [3.05, 3.63) is 65.9 Å². The maximum absolute atomic E-state index is 14.4. The molecule has 0 bridgehead atoms. The van der Waals surface area contributed by atoms with Gasteiger partial charge in [0.1, 0.15) is 0 Å². The summed E-state index contributed by atoms with van der Waals surface area (Å²) >= 11 is 0. The molecule has 1 aliphatic rings. The van der Waals surface area contributed by atoms with Crippen molar-refractivity contribution < 1.29 is 13.5 Å². The third kappa shape index (κ3) is 3.98. The van der Waals surface area contributed by atoms with Crippen LogP contribution in [0.4, 0.5) is 8.78 Å². The van der Waals surface area contributed by atoms with Crippen molar-refractivity contribution in [3.63, 3.8) is 0 Å². The highest BCUT2D eigenvalue weighted by molar-refractivity contribution is 5.65. The Kier molecular flexibility index (Phi) is 6.08. The lowest BCUT2D eigenvalue weighted by atomic mass is 9.77. The molecule has 0 atom stereocenters. The van der Waals surface area contributed by atoms with E-state index in [0.717, 1.165) is 5.92 Å². The lowest BCUT2D eigenvalue weighted by Crippen LogP contribution is -2.12. The second-order valence-electron chi connectivity index (χ2n) is 7.07. The van der Waals surface area contributed by atoms with E-state index in [1.54, 1.807) is 19.1 Å². The maximum atomic E-state index is 14.4. The predicted octanol–water partition coefficient (Wildman–Crippen LogP) is 7.23. The lowest BCUT2D eigenvalue weighted by molar-refractivity contribution is 0.319. The van der Waals surface area contributed by atoms with Crippen LogP contribution in [0.25, 0.3) is 11.1 Å². The summed E-state index contributed by atoms with van der Waals surface area (Å²) in [5.41, 5.74) is 2.25. The molecule has 2 aromatic carbocycles. The van der Waals surface area contributed by atoms with Gasteiger partial charge in [-0.2, -0.15) is 4.39 Å². The average Bonchev–Trinajstić information content (AvgIpc) is 2.69. The summed E-state index contributed by atoms with van der Waals surface area (Å²) in [7, 11) is 0. The van der Waals surface area contributed by atoms with Gasteiger partial charge < -0.3 is 4.74 Å². The van der Waals surface area contributed by atoms with Crippen molar-refractivity contribution in [1.29, 1.82) is 0 Å². The fourth-order valence-electron chi connectivity index (χ4n) is 3.83. The number of allylic oxidation sites excluding steroid dienone is 1. The molecular formula is C23H26F2O. The molecule has 26 heavy (non-hydrogen) atoms. The second-order valence-corrected chi connectivity index (χ2v) is 7.07. The summed E-state index contributed by atoms with van der Waals surface area (Å²) < 4.78 is 33.7. The molecule has 138 valence electrons. The minimum atomic E-state index is -0.956. The summed E-state index contributed by atoms with van der Waals surface area (Å²) in [4.78, 5) is 0. The van der Waals surface area contributed by atoms with Gasteiger partial charge in [-0.1, -0.05) is 43.7 Å². The van der Waals surface area contributed by atoms with E-state index in [1.807, 2.05) is 12.1 Å². The van der Waals surface area contributed by atoms with Crippen LogP contribution in [0.15, 0.2) is 48.7 Å². The van der Waals surface area contributed by atoms with E-state index in [0.29, 0.717) is 11.5 Å². The van der Waals surface area contributed by atoms with E-state index in [9.17, 15) is 8.78 Å². The first-order chi connectivity index (χ1) is 12.6. The first-order valence-corrected chi connectivity index (χ1v) is 9.50. The van der Waals surface area contributed by atoms with Gasteiger partial charge in [0.15, 0.2) is 11.6 Å². The zero-order chi connectivity index (χ0) is 18.5. The van der Waals surface area contributed by atoms with Crippen LogP contribution in [-0.2, 0) is 0 Å². The summed E-state index contributed by atoms with van der Waals surface area (Å²) in [5, 5.41) is 0. The molecule has 2 aromatic rings. The molecule has 3 rings (SSSR count). The third-order valence-electron chi connectivity index (χ3n) is 5.50. The van der Waals surface area contributed by atoms with Crippen LogP contribution in [0, 0.1) is 17.6 Å². The monoisotopic (exact) mass is 356 g/mol. The van der Waals surface area contributed by atoms with Gasteiger partial charge in [0.25, 0.3) is 0 Å². The molecule has 0 heterocycles. The lowest BCUT2D eigenvalue weighted by Gasteiger charge is -2.28. The van der Waals surface area contributed by atoms with Crippen molar-refractivity contribution in [2.24, 2.45) is 5.92 Å². The smallest absolute Gasteiger partial charge is 0.201 e. The van der Waals surface area contributed by atoms with Crippen molar-refractivity contribution in [1.82, 2.24) is 0 Å². The number of hydrogen-bond donors (Lipinski definition) is 0. The van der Waals surface area contributed by atoms with Crippen molar-refractivity contribution in [3.8, 4) is 16.9 Å². The molecule has 0 saturated heterocycles. The molecule has 0 N–H and O–H groups in total. The Balaban J connectivity index is 1.77. The van der Waals surface area contributed by atoms with Gasteiger partial charge in [0, 0.05) is 5.56 Å². The van der Waals surface area contributed by atoms with Crippen molar-refractivity contribution in [2.45, 2.75) is 51.9 Å². The minimum Gasteiger partial charge on any atom is -0.462 e. The van der Waals surface area contributed by atoms with Crippen LogP contribution in [0.5, 0.6) is 5.75 Å². The minimum absolute atomic E-state index is 0.103. The molecule has 3 heteroatoms. The zero-order valence-electron chi connectivity index (χ0n) is 15.5. The number of hydrogen-bond acceptors (Lipinski definition) is 1. The van der Waals surface area contributed by atoms with Crippen molar-refractivity contribution in [2.75, 3.05) is 0 Å². The normalized spacial score (nSPS) is 20.5. The third-order valence-corrected chi connectivity index (χ3v) is 5.50. The van der Waals surface area contributed by atoms with E-state index in [4.69, 9.17) is 4.74 Å². The number of rotatable bonds is 5. The number of halogens is 2. The Morgan fingerprint density at radius 2 is 1.65 bits per heavy atom. The van der Waals surface area contributed by atoms with E-state index in [1.165, 1.54) is 50.0 Å². The molecule has 0 radical (unpaired) electrons. The van der Waals surface area contributed by atoms with Crippen LogP contribution < -0.4 is 4.74 Å². The Bertz CT molecular complexity index is 757. The van der Waals surface area contributed by atoms with Crippen LogP contribution in [0.1, 0.15) is 57.4 Å². The van der Waals surface area contributed by atoms with Gasteiger partial charge in [0.2, 0.25) is 5.82 Å². The molecule has 0 aliphatic heterocycles. The molecule has 0 amide bonds. The van der Waals surface area contributed by atoms with E-state index < -0.39 is 11.6 Å². The second kappa shape index (κ2) is 8.48. The predicted molar refractivity (Wildman–Crippen MR) is 102 cm³/mol.